The number of hydrogen-bond donors (Lipinski definition) is 2. The maximum Gasteiger partial charge on any atom is 0.289 e. The number of ether oxygens (including phenoxy) is 2. The fraction of sp³-hybridized carbons (Fsp3) is 0.0833. The number of nitrogens with one attached hydrogen (secondary N) is 2. The molecule has 0 saturated carbocycles. The standard InChI is InChI=1S/C12H9BrN4O3/c13-8-3-7(4-10-11(8)20-6-19-10)5-15-17-12(18)9-1-2-14-16-9/h1-5H,6H2,(H,14,16)(H,17,18)/b15-5-. The molecule has 1 aliphatic rings. The second-order valence-corrected chi connectivity index (χ2v) is 4.76. The summed E-state index contributed by atoms with van der Waals surface area (Å²) in [4.78, 5) is 11.6. The molecule has 0 spiro atoms. The smallest absolute Gasteiger partial charge is 0.289 e. The van der Waals surface area contributed by atoms with Crippen molar-refractivity contribution < 1.29 is 14.3 Å². The van der Waals surface area contributed by atoms with E-state index in [0.717, 1.165) is 10.0 Å². The summed E-state index contributed by atoms with van der Waals surface area (Å²) in [5.74, 6) is 0.947. The molecule has 1 aliphatic heterocycles. The predicted octanol–water partition coefficient (Wildman–Crippen LogP) is 1.66. The van der Waals surface area contributed by atoms with Gasteiger partial charge in [-0.2, -0.15) is 10.2 Å². The number of carbonyl (C=O) groups is 1. The molecule has 0 unspecified atom stereocenters. The second kappa shape index (κ2) is 5.33. The van der Waals surface area contributed by atoms with Crippen molar-refractivity contribution in [3.05, 3.63) is 40.1 Å². The van der Waals surface area contributed by atoms with Gasteiger partial charge in [-0.25, -0.2) is 5.43 Å². The van der Waals surface area contributed by atoms with Crippen LogP contribution in [0.15, 0.2) is 34.0 Å². The molecule has 1 aromatic carbocycles. The van der Waals surface area contributed by atoms with Crippen LogP contribution < -0.4 is 14.9 Å². The highest BCUT2D eigenvalue weighted by Gasteiger charge is 2.17. The lowest BCUT2D eigenvalue weighted by molar-refractivity contribution is 0.0950. The molecule has 0 saturated heterocycles. The van der Waals surface area contributed by atoms with Crippen LogP contribution in [0.2, 0.25) is 0 Å². The van der Waals surface area contributed by atoms with E-state index < -0.39 is 0 Å². The van der Waals surface area contributed by atoms with Gasteiger partial charge in [-0.15, -0.1) is 0 Å². The number of H-pyrrole nitrogens is 1. The first-order valence-corrected chi connectivity index (χ1v) is 6.45. The highest BCUT2D eigenvalue weighted by molar-refractivity contribution is 9.10. The Balaban J connectivity index is 1.70. The van der Waals surface area contributed by atoms with Crippen molar-refractivity contribution in [1.29, 1.82) is 0 Å². The Morgan fingerprint density at radius 3 is 3.20 bits per heavy atom. The molecule has 102 valence electrons. The van der Waals surface area contributed by atoms with Gasteiger partial charge in [0.15, 0.2) is 11.5 Å². The lowest BCUT2D eigenvalue weighted by atomic mass is 10.2. The van der Waals surface area contributed by atoms with E-state index in [1.807, 2.05) is 6.07 Å². The van der Waals surface area contributed by atoms with Crippen molar-refractivity contribution in [2.75, 3.05) is 6.79 Å². The number of hydrogen-bond acceptors (Lipinski definition) is 5. The van der Waals surface area contributed by atoms with Crippen LogP contribution in [0.25, 0.3) is 0 Å². The summed E-state index contributed by atoms with van der Waals surface area (Å²) in [5, 5.41) is 10.1. The van der Waals surface area contributed by atoms with Gasteiger partial charge in [0.1, 0.15) is 5.69 Å². The van der Waals surface area contributed by atoms with E-state index in [9.17, 15) is 4.79 Å². The van der Waals surface area contributed by atoms with Crippen LogP contribution in [0.1, 0.15) is 16.1 Å². The number of hydrazone groups is 1. The highest BCUT2D eigenvalue weighted by atomic mass is 79.9. The third-order valence-corrected chi connectivity index (χ3v) is 3.16. The van der Waals surface area contributed by atoms with Crippen LogP contribution in [0.3, 0.4) is 0 Å². The number of fused-ring (bicyclic) bond motifs is 1. The lowest BCUT2D eigenvalue weighted by Gasteiger charge is -2.01. The summed E-state index contributed by atoms with van der Waals surface area (Å²) in [7, 11) is 0. The Hall–Kier alpha value is -2.35. The first-order chi connectivity index (χ1) is 9.74. The number of benzene rings is 1. The minimum atomic E-state index is -0.362. The van der Waals surface area contributed by atoms with E-state index in [4.69, 9.17) is 9.47 Å². The highest BCUT2D eigenvalue weighted by Crippen LogP contribution is 2.39. The van der Waals surface area contributed by atoms with Gasteiger partial charge in [0.2, 0.25) is 6.79 Å². The van der Waals surface area contributed by atoms with Crippen molar-refractivity contribution in [1.82, 2.24) is 15.6 Å². The maximum atomic E-state index is 11.6. The van der Waals surface area contributed by atoms with Gasteiger partial charge < -0.3 is 9.47 Å². The largest absolute Gasteiger partial charge is 0.454 e. The van der Waals surface area contributed by atoms with Crippen LogP contribution in [-0.2, 0) is 0 Å². The molecule has 2 N–H and O–H groups in total. The van der Waals surface area contributed by atoms with Gasteiger partial charge in [-0.1, -0.05) is 0 Å². The normalized spacial score (nSPS) is 12.8. The fourth-order valence-electron chi connectivity index (χ4n) is 1.67. The molecule has 2 heterocycles. The lowest BCUT2D eigenvalue weighted by Crippen LogP contribution is -2.17. The molecule has 3 rings (SSSR count). The number of rotatable bonds is 3. The quantitative estimate of drug-likeness (QED) is 0.659. The molecule has 1 aromatic heterocycles. The molecule has 1 amide bonds. The SMILES string of the molecule is O=C(N/N=C\c1cc(Br)c2c(c1)OCO2)c1ccn[nH]1. The van der Waals surface area contributed by atoms with E-state index in [2.05, 4.69) is 36.7 Å². The third kappa shape index (κ3) is 2.50. The number of carbonyl (C=O) groups excluding carboxylic acids is 1. The molecular formula is C12H9BrN4O3. The summed E-state index contributed by atoms with van der Waals surface area (Å²) in [5.41, 5.74) is 3.50. The van der Waals surface area contributed by atoms with Crippen molar-refractivity contribution in [3.8, 4) is 11.5 Å². The summed E-state index contributed by atoms with van der Waals surface area (Å²) >= 11 is 3.38. The van der Waals surface area contributed by atoms with Crippen molar-refractivity contribution in [2.45, 2.75) is 0 Å². The Morgan fingerprint density at radius 2 is 2.40 bits per heavy atom. The Kier molecular flexibility index (Phi) is 3.38. The third-order valence-electron chi connectivity index (χ3n) is 2.57. The first kappa shape index (κ1) is 12.7. The monoisotopic (exact) mass is 336 g/mol. The molecule has 8 heteroatoms. The molecule has 7 nitrogen and oxygen atoms in total. The molecule has 0 atom stereocenters. The Labute approximate surface area is 122 Å². The summed E-state index contributed by atoms with van der Waals surface area (Å²) in [6, 6.07) is 5.15. The predicted molar refractivity (Wildman–Crippen MR) is 73.9 cm³/mol. The van der Waals surface area contributed by atoms with Crippen molar-refractivity contribution in [2.24, 2.45) is 5.10 Å². The van der Waals surface area contributed by atoms with Crippen LogP contribution in [0.4, 0.5) is 0 Å². The second-order valence-electron chi connectivity index (χ2n) is 3.91. The van der Waals surface area contributed by atoms with Gasteiger partial charge in [0.25, 0.3) is 5.91 Å². The van der Waals surface area contributed by atoms with Crippen molar-refractivity contribution in [3.63, 3.8) is 0 Å². The molecule has 2 aromatic rings. The number of aromatic amines is 1. The van der Waals surface area contributed by atoms with Gasteiger partial charge in [-0.3, -0.25) is 9.89 Å². The minimum Gasteiger partial charge on any atom is -0.454 e. The number of halogens is 1. The van der Waals surface area contributed by atoms with E-state index in [1.54, 1.807) is 12.1 Å². The van der Waals surface area contributed by atoms with Crippen LogP contribution >= 0.6 is 15.9 Å². The molecule has 20 heavy (non-hydrogen) atoms. The van der Waals surface area contributed by atoms with E-state index in [-0.39, 0.29) is 12.7 Å². The summed E-state index contributed by atoms with van der Waals surface area (Å²) in [6.45, 7) is 0.199. The number of nitrogens with zero attached hydrogens (tertiary/aromatic N) is 2. The Bertz CT molecular complexity index is 670. The zero-order valence-electron chi connectivity index (χ0n) is 10.1. The molecule has 0 fully saturated rings. The zero-order valence-corrected chi connectivity index (χ0v) is 11.7. The summed E-state index contributed by atoms with van der Waals surface area (Å²) in [6.07, 6.45) is 3.01. The average Bonchev–Trinajstić information content (AvgIpc) is 3.09. The molecule has 0 aliphatic carbocycles. The van der Waals surface area contributed by atoms with E-state index in [0.29, 0.717) is 17.2 Å². The van der Waals surface area contributed by atoms with Crippen LogP contribution in [0, 0.1) is 0 Å². The molecule has 0 radical (unpaired) electrons. The van der Waals surface area contributed by atoms with Gasteiger partial charge in [0, 0.05) is 6.20 Å². The van der Waals surface area contributed by atoms with Crippen molar-refractivity contribution >= 4 is 28.1 Å². The number of aromatic nitrogens is 2. The topological polar surface area (TPSA) is 88.6 Å². The summed E-state index contributed by atoms with van der Waals surface area (Å²) < 4.78 is 11.3. The van der Waals surface area contributed by atoms with Gasteiger partial charge >= 0.3 is 0 Å². The van der Waals surface area contributed by atoms with E-state index in [1.165, 1.54) is 12.4 Å². The average molecular weight is 337 g/mol. The van der Waals surface area contributed by atoms with Crippen LogP contribution in [-0.4, -0.2) is 29.1 Å². The van der Waals surface area contributed by atoms with E-state index >= 15 is 0 Å². The minimum absolute atomic E-state index is 0.199. The Morgan fingerprint density at radius 1 is 1.50 bits per heavy atom. The zero-order chi connectivity index (χ0) is 13.9. The maximum absolute atomic E-state index is 11.6. The number of amides is 1. The van der Waals surface area contributed by atoms with Gasteiger partial charge in [0.05, 0.1) is 10.7 Å². The molecular weight excluding hydrogens is 328 g/mol. The van der Waals surface area contributed by atoms with Crippen LogP contribution in [0.5, 0.6) is 11.5 Å². The first-order valence-electron chi connectivity index (χ1n) is 5.66. The fourth-order valence-corrected chi connectivity index (χ4v) is 2.24. The van der Waals surface area contributed by atoms with Gasteiger partial charge in [-0.05, 0) is 39.7 Å². The molecule has 0 bridgehead atoms.